The van der Waals surface area contributed by atoms with Crippen LogP contribution in [0.5, 0.6) is 11.5 Å². The van der Waals surface area contributed by atoms with Gasteiger partial charge in [-0.3, -0.25) is 0 Å². The third-order valence-corrected chi connectivity index (χ3v) is 13.1. The van der Waals surface area contributed by atoms with Gasteiger partial charge in [-0.2, -0.15) is 11.1 Å². The van der Waals surface area contributed by atoms with Crippen LogP contribution in [-0.4, -0.2) is 20.6 Å². The van der Waals surface area contributed by atoms with E-state index >= 15 is 0 Å². The lowest BCUT2D eigenvalue weighted by molar-refractivity contribution is 0.266. The molecule has 0 N–H and O–H groups in total. The van der Waals surface area contributed by atoms with Crippen LogP contribution >= 0.6 is 11.1 Å². The van der Waals surface area contributed by atoms with Crippen molar-refractivity contribution in [3.8, 4) is 33.8 Å². The number of rotatable bonds is 9. The van der Waals surface area contributed by atoms with Crippen molar-refractivity contribution < 1.29 is 9.47 Å². The first kappa shape index (κ1) is 41.6. The smallest absolute Gasteiger partial charge is 0.161 e. The number of ether oxygens (including phenoxy) is 2. The van der Waals surface area contributed by atoms with Crippen molar-refractivity contribution in [2.45, 2.75) is 119 Å². The Morgan fingerprint density at radius 3 is 1.61 bits per heavy atom. The normalized spacial score (nSPS) is 15.4. The molecular formula is C50H65ClO2Si. The molecule has 0 radical (unpaired) electrons. The molecule has 0 aromatic heterocycles. The SMILES string of the molecule is CC1=Cc2c(cc(C(C)(C)C)c(OCC(C)C)c2-c2ccccc2)C1[Si](C)(C)Cl.CC1=Cc2cc(C(C)(C)C)c(OCC(C)C)c(-c3ccccc3)c2C1. The number of allylic oxidation sites excluding steroid dienone is 2. The molecule has 0 fully saturated rings. The monoisotopic (exact) mass is 760 g/mol. The van der Waals surface area contributed by atoms with E-state index < -0.39 is 7.38 Å². The summed E-state index contributed by atoms with van der Waals surface area (Å²) in [6.07, 6.45) is 5.71. The minimum atomic E-state index is -1.94. The molecule has 2 aliphatic carbocycles. The van der Waals surface area contributed by atoms with Gasteiger partial charge < -0.3 is 9.47 Å². The quantitative estimate of drug-likeness (QED) is 0.125. The summed E-state index contributed by atoms with van der Waals surface area (Å²) in [6, 6.07) is 26.2. The van der Waals surface area contributed by atoms with Crippen molar-refractivity contribution in [3.05, 3.63) is 117 Å². The molecule has 0 spiro atoms. The van der Waals surface area contributed by atoms with Crippen molar-refractivity contribution in [1.29, 1.82) is 0 Å². The number of benzene rings is 4. The molecule has 2 aliphatic rings. The predicted molar refractivity (Wildman–Crippen MR) is 239 cm³/mol. The van der Waals surface area contributed by atoms with E-state index in [1.165, 1.54) is 66.8 Å². The number of halogens is 1. The first-order chi connectivity index (χ1) is 25.2. The summed E-state index contributed by atoms with van der Waals surface area (Å²) in [7, 11) is -1.94. The van der Waals surface area contributed by atoms with E-state index in [1.807, 2.05) is 0 Å². The van der Waals surface area contributed by atoms with Crippen LogP contribution in [0.2, 0.25) is 13.1 Å². The lowest BCUT2D eigenvalue weighted by Crippen LogP contribution is -2.28. The Morgan fingerprint density at radius 1 is 0.685 bits per heavy atom. The van der Waals surface area contributed by atoms with E-state index in [0.29, 0.717) is 24.0 Å². The number of hydrogen-bond donors (Lipinski definition) is 0. The van der Waals surface area contributed by atoms with Gasteiger partial charge in [-0.25, -0.2) is 0 Å². The van der Waals surface area contributed by atoms with Crippen LogP contribution in [-0.2, 0) is 17.3 Å². The van der Waals surface area contributed by atoms with Gasteiger partial charge in [0.05, 0.1) is 13.2 Å². The van der Waals surface area contributed by atoms with Crippen LogP contribution < -0.4 is 9.47 Å². The van der Waals surface area contributed by atoms with Gasteiger partial charge in [0.2, 0.25) is 0 Å². The second kappa shape index (κ2) is 16.3. The highest BCUT2D eigenvalue weighted by Crippen LogP contribution is 2.52. The third kappa shape index (κ3) is 9.28. The van der Waals surface area contributed by atoms with Crippen molar-refractivity contribution in [2.75, 3.05) is 13.2 Å². The molecule has 288 valence electrons. The zero-order valence-electron chi connectivity index (χ0n) is 35.6. The second-order valence-corrected chi connectivity index (χ2v) is 25.7. The maximum absolute atomic E-state index is 7.04. The Morgan fingerprint density at radius 2 is 1.15 bits per heavy atom. The van der Waals surface area contributed by atoms with E-state index in [0.717, 1.165) is 24.5 Å². The average Bonchev–Trinajstić information content (AvgIpc) is 3.63. The molecule has 54 heavy (non-hydrogen) atoms. The van der Waals surface area contributed by atoms with Gasteiger partial charge in [0, 0.05) is 27.8 Å². The van der Waals surface area contributed by atoms with Gasteiger partial charge in [-0.05, 0) is 82.4 Å². The summed E-state index contributed by atoms with van der Waals surface area (Å²) >= 11 is 7.04. The highest BCUT2D eigenvalue weighted by molar-refractivity contribution is 7.20. The van der Waals surface area contributed by atoms with Gasteiger partial charge in [0.1, 0.15) is 11.5 Å². The zero-order chi connectivity index (χ0) is 39.7. The van der Waals surface area contributed by atoms with E-state index in [2.05, 4.69) is 181 Å². The molecule has 1 atom stereocenters. The molecule has 0 saturated heterocycles. The standard InChI is InChI=1S/C26H35ClOSi.C24H30O/c1-17(2)16-28-24-22(26(4,5)6)15-21-20(14-18(3)25(21)29(7,8)27)23(24)19-12-10-9-11-13-19;1-16(2)15-25-23-21(24(4,5)6)14-19-12-17(3)13-20(19)22(23)18-10-8-7-9-11-18/h9-15,17,25H,16H2,1-8H3;7-12,14,16H,13,15H2,1-6H3. The van der Waals surface area contributed by atoms with Gasteiger partial charge in [-0.15, -0.1) is 0 Å². The fourth-order valence-corrected chi connectivity index (χ4v) is 10.9. The minimum absolute atomic E-state index is 0.0239. The summed E-state index contributed by atoms with van der Waals surface area (Å²) in [5.41, 5.74) is 16.2. The van der Waals surface area contributed by atoms with Crippen LogP contribution in [0.4, 0.5) is 0 Å². The van der Waals surface area contributed by atoms with Crippen LogP contribution in [0.25, 0.3) is 34.4 Å². The zero-order valence-corrected chi connectivity index (χ0v) is 37.4. The molecule has 0 aliphatic heterocycles. The van der Waals surface area contributed by atoms with Gasteiger partial charge in [0.15, 0.2) is 7.38 Å². The Balaban J connectivity index is 0.000000210. The fourth-order valence-electron chi connectivity index (χ4n) is 7.92. The first-order valence-corrected chi connectivity index (χ1v) is 24.1. The number of fused-ring (bicyclic) bond motifs is 2. The lowest BCUT2D eigenvalue weighted by Gasteiger charge is -2.31. The molecule has 4 aromatic carbocycles. The van der Waals surface area contributed by atoms with Crippen LogP contribution in [0.15, 0.2) is 83.9 Å². The second-order valence-electron chi connectivity index (χ2n) is 19.0. The van der Waals surface area contributed by atoms with Crippen LogP contribution in [0.3, 0.4) is 0 Å². The predicted octanol–water partition coefficient (Wildman–Crippen LogP) is 14.8. The van der Waals surface area contributed by atoms with Crippen molar-refractivity contribution in [1.82, 2.24) is 0 Å². The van der Waals surface area contributed by atoms with E-state index in [1.54, 1.807) is 0 Å². The molecule has 2 nitrogen and oxygen atoms in total. The van der Waals surface area contributed by atoms with E-state index in [4.69, 9.17) is 20.6 Å². The third-order valence-electron chi connectivity index (χ3n) is 10.3. The maximum atomic E-state index is 7.04. The summed E-state index contributed by atoms with van der Waals surface area (Å²) in [5.74, 6) is 3.09. The molecule has 0 amide bonds. The lowest BCUT2D eigenvalue weighted by atomic mass is 9.81. The average molecular weight is 762 g/mol. The van der Waals surface area contributed by atoms with Crippen molar-refractivity contribution in [2.24, 2.45) is 11.8 Å². The fraction of sp³-hybridized carbons (Fsp3) is 0.440. The molecule has 0 bridgehead atoms. The van der Waals surface area contributed by atoms with Gasteiger partial charge in [0.25, 0.3) is 0 Å². The van der Waals surface area contributed by atoms with Crippen LogP contribution in [0, 0.1) is 11.8 Å². The summed E-state index contributed by atoms with van der Waals surface area (Å²) in [5, 5.41) is 0. The maximum Gasteiger partial charge on any atom is 0.161 e. The van der Waals surface area contributed by atoms with Gasteiger partial charge >= 0.3 is 0 Å². The molecule has 1 unspecified atom stereocenters. The Kier molecular flexibility index (Phi) is 12.6. The topological polar surface area (TPSA) is 18.5 Å². The largest absolute Gasteiger partial charge is 0.492 e. The summed E-state index contributed by atoms with van der Waals surface area (Å²) in [4.78, 5) is 0. The molecular weight excluding hydrogens is 696 g/mol. The summed E-state index contributed by atoms with van der Waals surface area (Å²) < 4.78 is 13.0. The van der Waals surface area contributed by atoms with Gasteiger partial charge in [-0.1, -0.05) is 172 Å². The first-order valence-electron chi connectivity index (χ1n) is 20.0. The van der Waals surface area contributed by atoms with Crippen molar-refractivity contribution >= 4 is 30.6 Å². The minimum Gasteiger partial charge on any atom is -0.492 e. The number of hydrogen-bond acceptors (Lipinski definition) is 2. The summed E-state index contributed by atoms with van der Waals surface area (Å²) in [6.45, 7) is 32.9. The molecule has 4 heteroatoms. The van der Waals surface area contributed by atoms with E-state index in [-0.39, 0.29) is 10.8 Å². The highest BCUT2D eigenvalue weighted by atomic mass is 35.6. The molecule has 6 rings (SSSR count). The Hall–Kier alpha value is -3.53. The Labute approximate surface area is 333 Å². The van der Waals surface area contributed by atoms with E-state index in [9.17, 15) is 0 Å². The molecule has 4 aromatic rings. The molecule has 0 saturated carbocycles. The van der Waals surface area contributed by atoms with Crippen LogP contribution in [0.1, 0.15) is 122 Å². The van der Waals surface area contributed by atoms with Crippen molar-refractivity contribution in [3.63, 3.8) is 0 Å². The Bertz CT molecular complexity index is 2000. The highest BCUT2D eigenvalue weighted by Gasteiger charge is 2.40. The molecule has 0 heterocycles.